The molecule has 0 spiro atoms. The van der Waals surface area contributed by atoms with Crippen molar-refractivity contribution in [3.05, 3.63) is 17.5 Å². The number of nitrogens with zero attached hydrogens (tertiary/aromatic N) is 3. The second kappa shape index (κ2) is 5.38. The third-order valence-electron chi connectivity index (χ3n) is 3.16. The fourth-order valence-corrected chi connectivity index (χ4v) is 3.75. The van der Waals surface area contributed by atoms with Crippen LogP contribution in [0.25, 0.3) is 10.7 Å². The molecule has 112 valence electrons. The van der Waals surface area contributed by atoms with E-state index in [-0.39, 0.29) is 0 Å². The van der Waals surface area contributed by atoms with E-state index in [9.17, 15) is 13.6 Å². The quantitative estimate of drug-likeness (QED) is 0.873. The predicted molar refractivity (Wildman–Crippen MR) is 76.5 cm³/mol. The zero-order valence-corrected chi connectivity index (χ0v) is 12.7. The predicted octanol–water partition coefficient (Wildman–Crippen LogP) is 2.16. The van der Waals surface area contributed by atoms with E-state index in [4.69, 9.17) is 0 Å². The topological polar surface area (TPSA) is 59.8 Å². The molecule has 1 aliphatic heterocycles. The number of hydrogen-bond donors (Lipinski definition) is 1. The number of aromatic nitrogens is 3. The molecular formula is C12H12F2N4OS2. The van der Waals surface area contributed by atoms with Crippen LogP contribution in [-0.4, -0.2) is 38.4 Å². The van der Waals surface area contributed by atoms with Crippen LogP contribution in [0.1, 0.15) is 6.42 Å². The Morgan fingerprint density at radius 3 is 3.00 bits per heavy atom. The third-order valence-corrected chi connectivity index (χ3v) is 5.21. The number of hydrogen-bond acceptors (Lipinski definition) is 5. The van der Waals surface area contributed by atoms with Crippen molar-refractivity contribution in [1.29, 1.82) is 0 Å². The molecule has 1 saturated heterocycles. The van der Waals surface area contributed by atoms with E-state index in [1.807, 2.05) is 29.1 Å². The minimum Gasteiger partial charge on any atom is -0.347 e. The molecule has 5 nitrogen and oxygen atoms in total. The highest BCUT2D eigenvalue weighted by molar-refractivity contribution is 7.99. The van der Waals surface area contributed by atoms with Gasteiger partial charge in [-0.15, -0.1) is 21.5 Å². The summed E-state index contributed by atoms with van der Waals surface area (Å²) in [5, 5.41) is 13.1. The van der Waals surface area contributed by atoms with Gasteiger partial charge in [0.05, 0.1) is 4.88 Å². The molecule has 2 aromatic rings. The second-order valence-electron chi connectivity index (χ2n) is 4.73. The summed E-state index contributed by atoms with van der Waals surface area (Å²) in [5.41, 5.74) is 0. The molecular weight excluding hydrogens is 318 g/mol. The van der Waals surface area contributed by atoms with Gasteiger partial charge in [0.2, 0.25) is 0 Å². The van der Waals surface area contributed by atoms with Crippen LogP contribution in [0.3, 0.4) is 0 Å². The fraction of sp³-hybridized carbons (Fsp3) is 0.417. The number of rotatable bonds is 4. The van der Waals surface area contributed by atoms with Gasteiger partial charge < -0.3 is 9.88 Å². The van der Waals surface area contributed by atoms with Crippen molar-refractivity contribution in [2.75, 3.05) is 5.75 Å². The minimum absolute atomic E-state index is 0.345. The lowest BCUT2D eigenvalue weighted by Crippen LogP contribution is -2.31. The second-order valence-corrected chi connectivity index (χ2v) is 6.67. The van der Waals surface area contributed by atoms with Crippen molar-refractivity contribution >= 4 is 29.0 Å². The third kappa shape index (κ3) is 2.80. The summed E-state index contributed by atoms with van der Waals surface area (Å²) in [4.78, 5) is 12.0. The maximum atomic E-state index is 13.1. The molecule has 0 aliphatic carbocycles. The molecule has 1 unspecified atom stereocenters. The summed E-state index contributed by atoms with van der Waals surface area (Å²) in [6.45, 7) is 0. The van der Waals surface area contributed by atoms with Gasteiger partial charge in [-0.2, -0.15) is 8.78 Å². The van der Waals surface area contributed by atoms with Gasteiger partial charge in [0.1, 0.15) is 0 Å². The molecule has 9 heteroatoms. The number of carbonyl (C=O) groups is 1. The van der Waals surface area contributed by atoms with Gasteiger partial charge in [-0.1, -0.05) is 17.8 Å². The Kier molecular flexibility index (Phi) is 3.70. The molecule has 1 fully saturated rings. The summed E-state index contributed by atoms with van der Waals surface area (Å²) in [5.74, 6) is -3.36. The van der Waals surface area contributed by atoms with Gasteiger partial charge in [0.15, 0.2) is 11.0 Å². The lowest BCUT2D eigenvalue weighted by atomic mass is 10.2. The van der Waals surface area contributed by atoms with Crippen molar-refractivity contribution in [2.24, 2.45) is 7.05 Å². The lowest BCUT2D eigenvalue weighted by molar-refractivity contribution is -0.139. The molecule has 0 aromatic carbocycles. The van der Waals surface area contributed by atoms with Crippen LogP contribution in [0.15, 0.2) is 22.7 Å². The van der Waals surface area contributed by atoms with E-state index in [0.29, 0.717) is 10.9 Å². The summed E-state index contributed by atoms with van der Waals surface area (Å²) in [7, 11) is 1.83. The lowest BCUT2D eigenvalue weighted by Gasteiger charge is -2.08. The highest BCUT2D eigenvalue weighted by atomic mass is 32.2. The fourth-order valence-electron chi connectivity index (χ4n) is 2.08. The zero-order chi connectivity index (χ0) is 15.0. The molecule has 0 bridgehead atoms. The van der Waals surface area contributed by atoms with Gasteiger partial charge in [0, 0.05) is 25.3 Å². The van der Waals surface area contributed by atoms with Crippen LogP contribution in [-0.2, 0) is 11.8 Å². The molecule has 0 radical (unpaired) electrons. The van der Waals surface area contributed by atoms with Gasteiger partial charge in [-0.05, 0) is 11.4 Å². The molecule has 1 aliphatic rings. The van der Waals surface area contributed by atoms with E-state index >= 15 is 0 Å². The van der Waals surface area contributed by atoms with Crippen molar-refractivity contribution in [1.82, 2.24) is 20.1 Å². The standard InChI is InChI=1S/C12H12F2N4OS2/c1-18-9(8-3-2-4-20-8)16-17-11(18)21-6-7-5-12(13,14)10(19)15-7/h2-4,7H,5-6H2,1H3,(H,15,19). The number of amides is 1. The Balaban J connectivity index is 1.66. The molecule has 1 N–H and O–H groups in total. The maximum Gasteiger partial charge on any atom is 0.326 e. The van der Waals surface area contributed by atoms with Crippen LogP contribution < -0.4 is 5.32 Å². The normalized spacial score (nSPS) is 20.7. The average molecular weight is 330 g/mol. The first-order chi connectivity index (χ1) is 9.97. The highest BCUT2D eigenvalue weighted by Crippen LogP contribution is 2.31. The first-order valence-corrected chi connectivity index (χ1v) is 8.09. The summed E-state index contributed by atoms with van der Waals surface area (Å²) >= 11 is 2.87. The molecule has 3 heterocycles. The van der Waals surface area contributed by atoms with E-state index in [1.54, 1.807) is 11.3 Å². The number of carbonyl (C=O) groups excluding carboxylic acids is 1. The van der Waals surface area contributed by atoms with Crippen molar-refractivity contribution in [3.63, 3.8) is 0 Å². The van der Waals surface area contributed by atoms with Crippen LogP contribution in [0, 0.1) is 0 Å². The molecule has 3 rings (SSSR count). The zero-order valence-electron chi connectivity index (χ0n) is 11.0. The number of thioether (sulfide) groups is 1. The molecule has 1 amide bonds. The number of halogens is 2. The van der Waals surface area contributed by atoms with Crippen molar-refractivity contribution < 1.29 is 13.6 Å². The van der Waals surface area contributed by atoms with E-state index in [1.165, 1.54) is 11.8 Å². The SMILES string of the molecule is Cn1c(SCC2CC(F)(F)C(=O)N2)nnc1-c1cccs1. The average Bonchev–Trinajstić information content (AvgIpc) is 3.09. The van der Waals surface area contributed by atoms with Gasteiger partial charge >= 0.3 is 5.92 Å². The van der Waals surface area contributed by atoms with Gasteiger partial charge in [0.25, 0.3) is 5.91 Å². The van der Waals surface area contributed by atoms with Gasteiger partial charge in [-0.25, -0.2) is 0 Å². The van der Waals surface area contributed by atoms with E-state index in [2.05, 4.69) is 15.5 Å². The van der Waals surface area contributed by atoms with E-state index in [0.717, 1.165) is 10.7 Å². The van der Waals surface area contributed by atoms with Crippen molar-refractivity contribution in [2.45, 2.75) is 23.5 Å². The Morgan fingerprint density at radius 2 is 2.38 bits per heavy atom. The first kappa shape index (κ1) is 14.5. The first-order valence-electron chi connectivity index (χ1n) is 6.22. The smallest absolute Gasteiger partial charge is 0.326 e. The van der Waals surface area contributed by atoms with Crippen LogP contribution >= 0.6 is 23.1 Å². The summed E-state index contributed by atoms with van der Waals surface area (Å²) in [6.07, 6.45) is -0.464. The number of alkyl halides is 2. The minimum atomic E-state index is -3.26. The Labute approximate surface area is 127 Å². The van der Waals surface area contributed by atoms with E-state index < -0.39 is 24.3 Å². The van der Waals surface area contributed by atoms with Crippen LogP contribution in [0.4, 0.5) is 8.78 Å². The Bertz CT molecular complexity index is 656. The Hall–Kier alpha value is -1.48. The van der Waals surface area contributed by atoms with Crippen LogP contribution in [0.2, 0.25) is 0 Å². The monoisotopic (exact) mass is 330 g/mol. The molecule has 2 aromatic heterocycles. The molecule has 21 heavy (non-hydrogen) atoms. The maximum absolute atomic E-state index is 13.1. The molecule has 0 saturated carbocycles. The van der Waals surface area contributed by atoms with Crippen LogP contribution in [0.5, 0.6) is 0 Å². The van der Waals surface area contributed by atoms with Crippen molar-refractivity contribution in [3.8, 4) is 10.7 Å². The Morgan fingerprint density at radius 1 is 1.57 bits per heavy atom. The largest absolute Gasteiger partial charge is 0.347 e. The highest BCUT2D eigenvalue weighted by Gasteiger charge is 2.48. The summed E-state index contributed by atoms with van der Waals surface area (Å²) < 4.78 is 28.1. The molecule has 1 atom stereocenters. The number of nitrogens with one attached hydrogen (secondary N) is 1. The summed E-state index contributed by atoms with van der Waals surface area (Å²) in [6, 6.07) is 3.33. The number of thiophene rings is 1. The van der Waals surface area contributed by atoms with Gasteiger partial charge in [-0.3, -0.25) is 4.79 Å².